The van der Waals surface area contributed by atoms with Crippen molar-refractivity contribution in [2.45, 2.75) is 38.8 Å². The van der Waals surface area contributed by atoms with E-state index in [9.17, 15) is 0 Å². The number of nitrogens with zero attached hydrogens (tertiary/aromatic N) is 1. The lowest BCUT2D eigenvalue weighted by molar-refractivity contribution is 0.0446. The molecule has 16 heavy (non-hydrogen) atoms. The van der Waals surface area contributed by atoms with Crippen molar-refractivity contribution in [3.8, 4) is 0 Å². The maximum Gasteiger partial charge on any atom is 0.0483 e. The number of hydrogen-bond donors (Lipinski definition) is 1. The normalized spacial score (nSPS) is 19.6. The average molecular weight is 220 g/mol. The van der Waals surface area contributed by atoms with Crippen molar-refractivity contribution in [2.75, 3.05) is 13.2 Å². The van der Waals surface area contributed by atoms with Gasteiger partial charge in [0, 0.05) is 37.2 Å². The smallest absolute Gasteiger partial charge is 0.0483 e. The second-order valence-corrected chi connectivity index (χ2v) is 4.77. The number of ether oxygens (including phenoxy) is 1. The highest BCUT2D eigenvalue weighted by Gasteiger charge is 2.26. The van der Waals surface area contributed by atoms with Crippen LogP contribution in [0.15, 0.2) is 18.3 Å². The summed E-state index contributed by atoms with van der Waals surface area (Å²) in [5.74, 6) is 0. The molecule has 1 fully saturated rings. The Bertz CT molecular complexity index is 346. The van der Waals surface area contributed by atoms with Gasteiger partial charge in [0.1, 0.15) is 0 Å². The molecule has 3 nitrogen and oxygen atoms in total. The van der Waals surface area contributed by atoms with E-state index in [0.29, 0.717) is 0 Å². The highest BCUT2D eigenvalue weighted by Crippen LogP contribution is 2.20. The second-order valence-electron chi connectivity index (χ2n) is 4.77. The van der Waals surface area contributed by atoms with Crippen LogP contribution in [0.2, 0.25) is 0 Å². The van der Waals surface area contributed by atoms with Crippen molar-refractivity contribution in [3.63, 3.8) is 0 Å². The largest absolute Gasteiger partial charge is 0.381 e. The van der Waals surface area contributed by atoms with E-state index in [4.69, 9.17) is 4.74 Å². The van der Waals surface area contributed by atoms with Crippen molar-refractivity contribution < 1.29 is 4.74 Å². The van der Waals surface area contributed by atoms with Crippen LogP contribution in [0.5, 0.6) is 0 Å². The van der Waals surface area contributed by atoms with Crippen LogP contribution in [0.3, 0.4) is 0 Å². The maximum absolute atomic E-state index is 5.39. The second kappa shape index (κ2) is 4.93. The lowest BCUT2D eigenvalue weighted by atomic mass is 9.92. The van der Waals surface area contributed by atoms with Gasteiger partial charge in [0.05, 0.1) is 0 Å². The Labute approximate surface area is 97.2 Å². The summed E-state index contributed by atoms with van der Waals surface area (Å²) < 4.78 is 5.39. The number of aromatic nitrogens is 1. The van der Waals surface area contributed by atoms with Gasteiger partial charge in [-0.25, -0.2) is 0 Å². The number of nitrogens with one attached hydrogen (secondary N) is 1. The molecule has 88 valence electrons. The predicted molar refractivity (Wildman–Crippen MR) is 64.3 cm³/mol. The molecule has 0 atom stereocenters. The van der Waals surface area contributed by atoms with Crippen molar-refractivity contribution in [1.82, 2.24) is 10.3 Å². The lowest BCUT2D eigenvalue weighted by Gasteiger charge is -2.34. The van der Waals surface area contributed by atoms with Crippen LogP contribution < -0.4 is 5.32 Å². The first-order valence-electron chi connectivity index (χ1n) is 5.93. The van der Waals surface area contributed by atoms with Crippen LogP contribution in [-0.2, 0) is 11.3 Å². The standard InChI is InChI=1S/C13H20N2O/c1-11-12(4-3-7-14-11)10-15-13(2)5-8-16-9-6-13/h3-4,7,15H,5-6,8-10H2,1-2H3. The van der Waals surface area contributed by atoms with E-state index in [1.165, 1.54) is 5.56 Å². The number of rotatable bonds is 3. The van der Waals surface area contributed by atoms with Gasteiger partial charge >= 0.3 is 0 Å². The van der Waals surface area contributed by atoms with Gasteiger partial charge in [-0.3, -0.25) is 4.98 Å². The molecule has 1 aromatic rings. The predicted octanol–water partition coefficient (Wildman–Crippen LogP) is 2.05. The van der Waals surface area contributed by atoms with Crippen molar-refractivity contribution in [2.24, 2.45) is 0 Å². The molecule has 2 rings (SSSR count). The molecule has 1 N–H and O–H groups in total. The minimum Gasteiger partial charge on any atom is -0.381 e. The van der Waals surface area contributed by atoms with E-state index < -0.39 is 0 Å². The van der Waals surface area contributed by atoms with E-state index in [1.54, 1.807) is 0 Å². The van der Waals surface area contributed by atoms with Crippen LogP contribution in [0.25, 0.3) is 0 Å². The molecule has 1 aliphatic rings. The first-order valence-corrected chi connectivity index (χ1v) is 5.93. The summed E-state index contributed by atoms with van der Waals surface area (Å²) in [6.45, 7) is 6.98. The van der Waals surface area contributed by atoms with Crippen LogP contribution in [0.1, 0.15) is 31.0 Å². The van der Waals surface area contributed by atoms with Gasteiger partial charge in [0.25, 0.3) is 0 Å². The highest BCUT2D eigenvalue weighted by molar-refractivity contribution is 5.18. The summed E-state index contributed by atoms with van der Waals surface area (Å²) in [6, 6.07) is 4.13. The Morgan fingerprint density at radius 3 is 2.88 bits per heavy atom. The van der Waals surface area contributed by atoms with Gasteiger partial charge in [-0.2, -0.15) is 0 Å². The highest BCUT2D eigenvalue weighted by atomic mass is 16.5. The minimum atomic E-state index is 0.223. The van der Waals surface area contributed by atoms with E-state index in [1.807, 2.05) is 12.3 Å². The fourth-order valence-electron chi connectivity index (χ4n) is 2.01. The Kier molecular flexibility index (Phi) is 3.56. The fraction of sp³-hybridized carbons (Fsp3) is 0.615. The molecular formula is C13H20N2O. The fourth-order valence-corrected chi connectivity index (χ4v) is 2.01. The molecule has 2 heterocycles. The summed E-state index contributed by atoms with van der Waals surface area (Å²) in [5.41, 5.74) is 2.63. The monoisotopic (exact) mass is 220 g/mol. The van der Waals surface area contributed by atoms with Gasteiger partial charge in [-0.1, -0.05) is 6.07 Å². The third-order valence-corrected chi connectivity index (χ3v) is 3.42. The van der Waals surface area contributed by atoms with Gasteiger partial charge in [-0.05, 0) is 38.3 Å². The van der Waals surface area contributed by atoms with Gasteiger partial charge in [0.2, 0.25) is 0 Å². The van der Waals surface area contributed by atoms with Crippen molar-refractivity contribution in [1.29, 1.82) is 0 Å². The average Bonchev–Trinajstić information content (AvgIpc) is 2.29. The molecule has 0 aromatic carbocycles. The van der Waals surface area contributed by atoms with E-state index in [2.05, 4.69) is 30.2 Å². The summed E-state index contributed by atoms with van der Waals surface area (Å²) >= 11 is 0. The third-order valence-electron chi connectivity index (χ3n) is 3.42. The lowest BCUT2D eigenvalue weighted by Crippen LogP contribution is -2.46. The van der Waals surface area contributed by atoms with Crippen LogP contribution in [0.4, 0.5) is 0 Å². The SMILES string of the molecule is Cc1ncccc1CNC1(C)CCOCC1. The molecule has 0 aliphatic carbocycles. The molecule has 0 amide bonds. The third kappa shape index (κ3) is 2.80. The Balaban J connectivity index is 1.94. The van der Waals surface area contributed by atoms with Gasteiger partial charge in [-0.15, -0.1) is 0 Å². The zero-order valence-corrected chi connectivity index (χ0v) is 10.1. The molecule has 0 radical (unpaired) electrons. The zero-order valence-electron chi connectivity index (χ0n) is 10.1. The van der Waals surface area contributed by atoms with E-state index in [-0.39, 0.29) is 5.54 Å². The number of hydrogen-bond acceptors (Lipinski definition) is 3. The molecule has 1 aromatic heterocycles. The maximum atomic E-state index is 5.39. The molecule has 0 saturated carbocycles. The summed E-state index contributed by atoms with van der Waals surface area (Å²) in [7, 11) is 0. The quantitative estimate of drug-likeness (QED) is 0.846. The minimum absolute atomic E-state index is 0.223. The molecule has 1 saturated heterocycles. The van der Waals surface area contributed by atoms with Crippen LogP contribution in [0, 0.1) is 6.92 Å². The Morgan fingerprint density at radius 2 is 2.19 bits per heavy atom. The van der Waals surface area contributed by atoms with Crippen LogP contribution >= 0.6 is 0 Å². The van der Waals surface area contributed by atoms with Crippen LogP contribution in [-0.4, -0.2) is 23.7 Å². The molecule has 0 bridgehead atoms. The van der Waals surface area contributed by atoms with E-state index in [0.717, 1.165) is 38.3 Å². The first kappa shape index (κ1) is 11.6. The topological polar surface area (TPSA) is 34.2 Å². The summed E-state index contributed by atoms with van der Waals surface area (Å²) in [5, 5.41) is 3.64. The Hall–Kier alpha value is -0.930. The molecule has 1 aliphatic heterocycles. The first-order chi connectivity index (χ1) is 7.70. The molecule has 0 spiro atoms. The zero-order chi connectivity index (χ0) is 11.4. The van der Waals surface area contributed by atoms with Crippen molar-refractivity contribution >= 4 is 0 Å². The van der Waals surface area contributed by atoms with Crippen molar-refractivity contribution in [3.05, 3.63) is 29.6 Å². The summed E-state index contributed by atoms with van der Waals surface area (Å²) in [6.07, 6.45) is 4.02. The van der Waals surface area contributed by atoms with Gasteiger partial charge in [0.15, 0.2) is 0 Å². The number of pyridine rings is 1. The molecule has 3 heteroatoms. The van der Waals surface area contributed by atoms with Gasteiger partial charge < -0.3 is 10.1 Å². The molecule has 0 unspecified atom stereocenters. The van der Waals surface area contributed by atoms with E-state index >= 15 is 0 Å². The number of aryl methyl sites for hydroxylation is 1. The summed E-state index contributed by atoms with van der Waals surface area (Å²) in [4.78, 5) is 4.30. The molecular weight excluding hydrogens is 200 g/mol. The Morgan fingerprint density at radius 1 is 1.44 bits per heavy atom.